The first kappa shape index (κ1) is 25.2. The predicted molar refractivity (Wildman–Crippen MR) is 134 cm³/mol. The second-order valence-electron chi connectivity index (χ2n) is 10.8. The van der Waals surface area contributed by atoms with Crippen LogP contribution in [0.5, 0.6) is 17.2 Å². The zero-order chi connectivity index (χ0) is 27.0. The Morgan fingerprint density at radius 2 is 1.62 bits per heavy atom. The molecule has 6 atom stereocenters. The average molecular weight is 508 g/mol. The number of hydrogen-bond acceptors (Lipinski definition) is 7. The SMILES string of the molecule is CCN1C(=O)[C@H]2[C@H](CC=C3[C@H]2C[C@H]2C(=O)C(C)=C(C)C(=O)[C@@]2(C)[C@H]3c2cc(OC)c(O)c(OC)c2)C1=O. The Morgan fingerprint density at radius 1 is 1.00 bits per heavy atom. The van der Waals surface area contributed by atoms with Gasteiger partial charge in [-0.1, -0.05) is 18.6 Å². The third kappa shape index (κ3) is 3.20. The van der Waals surface area contributed by atoms with Crippen LogP contribution in [0.15, 0.2) is 34.9 Å². The lowest BCUT2D eigenvalue weighted by Gasteiger charge is -2.54. The van der Waals surface area contributed by atoms with Crippen molar-refractivity contribution in [1.82, 2.24) is 4.90 Å². The molecule has 0 aromatic heterocycles. The third-order valence-corrected chi connectivity index (χ3v) is 9.41. The molecule has 0 unspecified atom stereocenters. The number of methoxy groups -OCH3 is 2. The molecule has 2 fully saturated rings. The lowest BCUT2D eigenvalue weighted by atomic mass is 9.46. The Kier molecular flexibility index (Phi) is 5.84. The van der Waals surface area contributed by atoms with Crippen LogP contribution in [0.3, 0.4) is 0 Å². The topological polar surface area (TPSA) is 110 Å². The molecule has 1 saturated carbocycles. The summed E-state index contributed by atoms with van der Waals surface area (Å²) in [5.41, 5.74) is 1.34. The number of carbonyl (C=O) groups is 4. The molecule has 2 amide bonds. The number of ether oxygens (including phenoxy) is 2. The maximum Gasteiger partial charge on any atom is 0.233 e. The molecule has 1 N–H and O–H groups in total. The first-order valence-corrected chi connectivity index (χ1v) is 12.8. The molecule has 196 valence electrons. The Labute approximate surface area is 216 Å². The number of ketones is 2. The Morgan fingerprint density at radius 3 is 2.19 bits per heavy atom. The minimum atomic E-state index is -1.11. The smallest absolute Gasteiger partial charge is 0.233 e. The van der Waals surface area contributed by atoms with Crippen LogP contribution in [0.2, 0.25) is 0 Å². The normalized spacial score (nSPS) is 33.2. The summed E-state index contributed by atoms with van der Waals surface area (Å²) in [6.07, 6.45) is 2.74. The molecule has 0 bridgehead atoms. The average Bonchev–Trinajstić information content (AvgIpc) is 3.14. The summed E-state index contributed by atoms with van der Waals surface area (Å²) in [5.74, 6) is -2.93. The molecule has 8 heteroatoms. The van der Waals surface area contributed by atoms with Crippen molar-refractivity contribution in [2.75, 3.05) is 20.8 Å². The summed E-state index contributed by atoms with van der Waals surface area (Å²) in [6, 6.07) is 3.36. The standard InChI is InChI=1S/C29H33NO7/c1-7-30-27(34)17-9-8-16-18(22(17)28(30)35)12-19-24(31)13(2)14(3)26(33)29(19,4)23(16)15-10-20(36-5)25(32)21(11-15)37-6/h8,10-11,17-19,22-23,32H,7,9,12H2,1-6H3/t17-,18+,19-,22-,23-,29+/m0/s1. The predicted octanol–water partition coefficient (Wildman–Crippen LogP) is 3.57. The number of phenols is 1. The molecular weight excluding hydrogens is 474 g/mol. The molecule has 8 nitrogen and oxygen atoms in total. The number of imide groups is 1. The van der Waals surface area contributed by atoms with E-state index in [0.717, 1.165) is 5.57 Å². The first-order chi connectivity index (χ1) is 17.5. The summed E-state index contributed by atoms with van der Waals surface area (Å²) in [7, 11) is 2.87. The number of Topliss-reactive ketones (excluding diaryl/α,β-unsaturated/α-hetero) is 2. The van der Waals surface area contributed by atoms with E-state index in [1.54, 1.807) is 32.9 Å². The van der Waals surface area contributed by atoms with Gasteiger partial charge in [-0.15, -0.1) is 0 Å². The molecule has 1 saturated heterocycles. The van der Waals surface area contributed by atoms with Gasteiger partial charge in [-0.05, 0) is 68.4 Å². The number of carbonyl (C=O) groups excluding carboxylic acids is 4. The second-order valence-corrected chi connectivity index (χ2v) is 10.8. The molecule has 1 heterocycles. The van der Waals surface area contributed by atoms with Crippen LogP contribution in [-0.2, 0) is 19.2 Å². The van der Waals surface area contributed by atoms with Gasteiger partial charge in [-0.3, -0.25) is 24.1 Å². The van der Waals surface area contributed by atoms with Crippen molar-refractivity contribution in [1.29, 1.82) is 0 Å². The van der Waals surface area contributed by atoms with E-state index in [-0.39, 0.29) is 46.5 Å². The molecule has 1 aliphatic heterocycles. The fourth-order valence-electron chi connectivity index (χ4n) is 7.42. The largest absolute Gasteiger partial charge is 0.502 e. The summed E-state index contributed by atoms with van der Waals surface area (Å²) < 4.78 is 10.8. The molecule has 37 heavy (non-hydrogen) atoms. The van der Waals surface area contributed by atoms with Gasteiger partial charge >= 0.3 is 0 Å². The van der Waals surface area contributed by atoms with E-state index >= 15 is 0 Å². The van der Waals surface area contributed by atoms with Crippen LogP contribution in [0.1, 0.15) is 52.0 Å². The van der Waals surface area contributed by atoms with Gasteiger partial charge < -0.3 is 14.6 Å². The fraction of sp³-hybridized carbons (Fsp3) is 0.517. The van der Waals surface area contributed by atoms with Gasteiger partial charge in [0.25, 0.3) is 0 Å². The number of phenolic OH excluding ortho intramolecular Hbond substituents is 1. The van der Waals surface area contributed by atoms with Gasteiger partial charge in [0, 0.05) is 18.4 Å². The number of amides is 2. The van der Waals surface area contributed by atoms with Crippen LogP contribution < -0.4 is 9.47 Å². The number of benzene rings is 1. The Hall–Kier alpha value is -3.42. The monoisotopic (exact) mass is 507 g/mol. The van der Waals surface area contributed by atoms with Gasteiger partial charge in [0.15, 0.2) is 23.1 Å². The van der Waals surface area contributed by atoms with E-state index in [1.807, 2.05) is 13.0 Å². The number of rotatable bonds is 4. The van der Waals surface area contributed by atoms with Crippen LogP contribution >= 0.6 is 0 Å². The van der Waals surface area contributed by atoms with Crippen molar-refractivity contribution in [3.05, 3.63) is 40.5 Å². The minimum Gasteiger partial charge on any atom is -0.502 e. The molecule has 5 rings (SSSR count). The van der Waals surface area contributed by atoms with Crippen LogP contribution in [0.25, 0.3) is 0 Å². The highest BCUT2D eigenvalue weighted by molar-refractivity contribution is 6.16. The van der Waals surface area contributed by atoms with E-state index in [0.29, 0.717) is 36.1 Å². The van der Waals surface area contributed by atoms with Gasteiger partial charge in [-0.25, -0.2) is 0 Å². The highest BCUT2D eigenvalue weighted by atomic mass is 16.5. The van der Waals surface area contributed by atoms with E-state index in [4.69, 9.17) is 9.47 Å². The van der Waals surface area contributed by atoms with Crippen molar-refractivity contribution in [3.63, 3.8) is 0 Å². The van der Waals surface area contributed by atoms with E-state index in [2.05, 4.69) is 0 Å². The number of fused-ring (bicyclic) bond motifs is 4. The van der Waals surface area contributed by atoms with Crippen molar-refractivity contribution >= 4 is 23.4 Å². The molecular formula is C29H33NO7. The van der Waals surface area contributed by atoms with Gasteiger partial charge in [0.05, 0.1) is 31.5 Å². The number of hydrogen-bond donors (Lipinski definition) is 1. The van der Waals surface area contributed by atoms with E-state index < -0.39 is 29.1 Å². The number of allylic oxidation sites excluding steroid dienone is 4. The zero-order valence-electron chi connectivity index (χ0n) is 22.1. The molecule has 0 spiro atoms. The number of nitrogens with zero attached hydrogens (tertiary/aromatic N) is 1. The van der Waals surface area contributed by atoms with Crippen molar-refractivity contribution < 1.29 is 33.8 Å². The van der Waals surface area contributed by atoms with E-state index in [9.17, 15) is 24.3 Å². The Balaban J connectivity index is 1.77. The molecule has 3 aliphatic carbocycles. The minimum absolute atomic E-state index is 0.0902. The van der Waals surface area contributed by atoms with E-state index in [1.165, 1.54) is 19.1 Å². The summed E-state index contributed by atoms with van der Waals surface area (Å²) in [4.78, 5) is 55.6. The Bertz CT molecular complexity index is 1280. The first-order valence-electron chi connectivity index (χ1n) is 12.8. The van der Waals surface area contributed by atoms with Crippen LogP contribution in [0, 0.1) is 29.1 Å². The molecule has 4 aliphatic rings. The summed E-state index contributed by atoms with van der Waals surface area (Å²) in [6.45, 7) is 7.32. The van der Waals surface area contributed by atoms with Crippen molar-refractivity contribution in [2.24, 2.45) is 29.1 Å². The second kappa shape index (κ2) is 8.57. The van der Waals surface area contributed by atoms with Crippen molar-refractivity contribution in [3.8, 4) is 17.2 Å². The third-order valence-electron chi connectivity index (χ3n) is 9.41. The molecule has 0 radical (unpaired) electrons. The zero-order valence-corrected chi connectivity index (χ0v) is 22.1. The maximum absolute atomic E-state index is 14.0. The molecule has 1 aromatic carbocycles. The highest BCUT2D eigenvalue weighted by Gasteiger charge is 2.63. The quantitative estimate of drug-likeness (QED) is 0.490. The van der Waals surface area contributed by atoms with Gasteiger partial charge in [0.1, 0.15) is 0 Å². The van der Waals surface area contributed by atoms with Gasteiger partial charge in [-0.2, -0.15) is 0 Å². The lowest BCUT2D eigenvalue weighted by Crippen LogP contribution is -2.55. The van der Waals surface area contributed by atoms with Gasteiger partial charge in [0.2, 0.25) is 17.6 Å². The van der Waals surface area contributed by atoms with Crippen LogP contribution in [0.4, 0.5) is 0 Å². The molecule has 1 aromatic rings. The summed E-state index contributed by atoms with van der Waals surface area (Å²) in [5, 5.41) is 10.6. The van der Waals surface area contributed by atoms with Crippen molar-refractivity contribution in [2.45, 2.75) is 46.5 Å². The summed E-state index contributed by atoms with van der Waals surface area (Å²) >= 11 is 0. The lowest BCUT2D eigenvalue weighted by molar-refractivity contribution is -0.143. The van der Waals surface area contributed by atoms with Crippen LogP contribution in [-0.4, -0.2) is 54.2 Å². The fourth-order valence-corrected chi connectivity index (χ4v) is 7.42. The highest BCUT2D eigenvalue weighted by Crippen LogP contribution is 2.63. The number of likely N-dealkylation sites (tertiary alicyclic amines) is 1. The number of aromatic hydroxyl groups is 1. The maximum atomic E-state index is 14.0.